The third-order valence-corrected chi connectivity index (χ3v) is 8.02. The molecule has 1 saturated heterocycles. The Morgan fingerprint density at radius 3 is 2.39 bits per heavy atom. The lowest BCUT2D eigenvalue weighted by atomic mass is 9.96. The van der Waals surface area contributed by atoms with Crippen LogP contribution in [0.1, 0.15) is 41.1 Å². The van der Waals surface area contributed by atoms with Crippen LogP contribution in [0.15, 0.2) is 78.9 Å². The van der Waals surface area contributed by atoms with Crippen LogP contribution in [0.5, 0.6) is 5.75 Å². The molecular formula is C34H41ClN4O5. The van der Waals surface area contributed by atoms with E-state index in [1.54, 1.807) is 6.08 Å². The van der Waals surface area contributed by atoms with Gasteiger partial charge in [-0.05, 0) is 66.3 Å². The van der Waals surface area contributed by atoms with Crippen LogP contribution in [0.25, 0.3) is 6.08 Å². The summed E-state index contributed by atoms with van der Waals surface area (Å²) in [5.74, 6) is 5.70. The van der Waals surface area contributed by atoms with E-state index in [0.29, 0.717) is 18.8 Å². The van der Waals surface area contributed by atoms with Crippen LogP contribution in [0.3, 0.4) is 0 Å². The van der Waals surface area contributed by atoms with Crippen molar-refractivity contribution in [1.82, 2.24) is 14.8 Å². The van der Waals surface area contributed by atoms with E-state index >= 15 is 0 Å². The van der Waals surface area contributed by atoms with Gasteiger partial charge in [0.25, 0.3) is 0 Å². The molecule has 1 atom stereocenters. The largest absolute Gasteiger partial charge is 0.492 e. The van der Waals surface area contributed by atoms with Crippen molar-refractivity contribution in [3.63, 3.8) is 0 Å². The summed E-state index contributed by atoms with van der Waals surface area (Å²) < 4.78 is 11.0. The average Bonchev–Trinajstić information content (AvgIpc) is 3.04. The van der Waals surface area contributed by atoms with E-state index in [-0.39, 0.29) is 12.6 Å². The first-order valence-corrected chi connectivity index (χ1v) is 15.3. The number of amides is 1. The lowest BCUT2D eigenvalue weighted by Gasteiger charge is -2.39. The van der Waals surface area contributed by atoms with Gasteiger partial charge in [-0.25, -0.2) is 20.4 Å². The molecule has 3 aromatic rings. The number of esters is 1. The second kappa shape index (κ2) is 16.8. The summed E-state index contributed by atoms with van der Waals surface area (Å²) in [6.07, 6.45) is 4.11. The second-order valence-electron chi connectivity index (χ2n) is 10.8. The smallest absolute Gasteiger partial charge is 0.421 e. The number of hydrogen-bond donors (Lipinski definition) is 2. The van der Waals surface area contributed by atoms with Crippen molar-refractivity contribution in [2.75, 3.05) is 53.0 Å². The Kier molecular flexibility index (Phi) is 12.6. The normalized spacial score (nSPS) is 14.8. The van der Waals surface area contributed by atoms with Crippen LogP contribution in [0.2, 0.25) is 5.02 Å². The molecule has 0 saturated carbocycles. The molecular weight excluding hydrogens is 580 g/mol. The molecule has 1 aliphatic rings. The number of halogens is 1. The second-order valence-corrected chi connectivity index (χ2v) is 11.2. The zero-order valence-electron chi connectivity index (χ0n) is 25.1. The van der Waals surface area contributed by atoms with Gasteiger partial charge in [-0.1, -0.05) is 60.1 Å². The van der Waals surface area contributed by atoms with E-state index in [2.05, 4.69) is 46.2 Å². The standard InChI is InChI=1S/C34H41ClN4O5/c1-43-32(40)17-13-29-25-26(7-5-6-18-39(36)34(41)42)10-16-31(29)44-24-23-37-19-21-38(22-20-37)33(27-8-3-2-4-9-27)28-11-14-30(35)15-12-28/h2-4,8-17,25,33H,5-7,18-24,36H2,1H3,(H,41,42)/t33-/m1/s1. The maximum Gasteiger partial charge on any atom is 0.421 e. The van der Waals surface area contributed by atoms with Crippen molar-refractivity contribution < 1.29 is 24.2 Å². The van der Waals surface area contributed by atoms with Gasteiger partial charge in [0.15, 0.2) is 0 Å². The summed E-state index contributed by atoms with van der Waals surface area (Å²) in [5.41, 5.74) is 4.35. The van der Waals surface area contributed by atoms with Gasteiger partial charge in [-0.3, -0.25) is 9.80 Å². The van der Waals surface area contributed by atoms with Crippen LogP contribution in [-0.2, 0) is 16.0 Å². The van der Waals surface area contributed by atoms with Gasteiger partial charge in [0.2, 0.25) is 0 Å². The van der Waals surface area contributed by atoms with Gasteiger partial charge in [0.05, 0.1) is 13.2 Å². The minimum absolute atomic E-state index is 0.168. The Labute approximate surface area is 264 Å². The molecule has 234 valence electrons. The number of piperazine rings is 1. The zero-order valence-corrected chi connectivity index (χ0v) is 25.9. The highest BCUT2D eigenvalue weighted by molar-refractivity contribution is 6.30. The molecule has 4 rings (SSSR count). The highest BCUT2D eigenvalue weighted by Crippen LogP contribution is 2.30. The third kappa shape index (κ3) is 9.82. The highest BCUT2D eigenvalue weighted by atomic mass is 35.5. The quantitative estimate of drug-likeness (QED) is 0.0608. The molecule has 44 heavy (non-hydrogen) atoms. The Balaban J connectivity index is 1.32. The molecule has 0 spiro atoms. The first kappa shape index (κ1) is 33.0. The van der Waals surface area contributed by atoms with Crippen molar-refractivity contribution in [1.29, 1.82) is 0 Å². The van der Waals surface area contributed by atoms with Gasteiger partial charge in [-0.2, -0.15) is 0 Å². The average molecular weight is 621 g/mol. The number of aryl methyl sites for hydroxylation is 1. The number of benzene rings is 3. The number of rotatable bonds is 14. The number of hydrazine groups is 1. The fourth-order valence-electron chi connectivity index (χ4n) is 5.37. The number of nitrogens with two attached hydrogens (primary N) is 1. The Morgan fingerprint density at radius 2 is 1.70 bits per heavy atom. The minimum Gasteiger partial charge on any atom is -0.492 e. The summed E-state index contributed by atoms with van der Waals surface area (Å²) in [4.78, 5) is 27.6. The van der Waals surface area contributed by atoms with Crippen LogP contribution < -0.4 is 10.6 Å². The van der Waals surface area contributed by atoms with E-state index in [0.717, 1.165) is 66.7 Å². The van der Waals surface area contributed by atoms with Crippen molar-refractivity contribution in [3.8, 4) is 5.75 Å². The summed E-state index contributed by atoms with van der Waals surface area (Å²) in [5, 5.41) is 10.4. The Morgan fingerprint density at radius 1 is 1.00 bits per heavy atom. The zero-order chi connectivity index (χ0) is 31.3. The lowest BCUT2D eigenvalue weighted by Crippen LogP contribution is -2.48. The van der Waals surface area contributed by atoms with Gasteiger partial charge >= 0.3 is 12.1 Å². The van der Waals surface area contributed by atoms with E-state index in [1.807, 2.05) is 36.4 Å². The van der Waals surface area contributed by atoms with Crippen LogP contribution in [0, 0.1) is 0 Å². The molecule has 0 aliphatic carbocycles. The van der Waals surface area contributed by atoms with Gasteiger partial charge in [0.1, 0.15) is 12.4 Å². The van der Waals surface area contributed by atoms with Crippen molar-refractivity contribution in [2.45, 2.75) is 25.3 Å². The summed E-state index contributed by atoms with van der Waals surface area (Å²) >= 11 is 6.18. The summed E-state index contributed by atoms with van der Waals surface area (Å²) in [6, 6.07) is 24.8. The van der Waals surface area contributed by atoms with Crippen LogP contribution >= 0.6 is 11.6 Å². The number of ether oxygens (including phenoxy) is 2. The number of nitrogens with zero attached hydrogens (tertiary/aromatic N) is 3. The molecule has 1 aliphatic heterocycles. The van der Waals surface area contributed by atoms with E-state index in [4.69, 9.17) is 32.0 Å². The van der Waals surface area contributed by atoms with Crippen molar-refractivity contribution in [2.24, 2.45) is 5.84 Å². The maximum absolute atomic E-state index is 11.8. The lowest BCUT2D eigenvalue weighted by molar-refractivity contribution is -0.134. The Bertz CT molecular complexity index is 1380. The highest BCUT2D eigenvalue weighted by Gasteiger charge is 2.26. The van der Waals surface area contributed by atoms with Gasteiger partial charge < -0.3 is 14.6 Å². The van der Waals surface area contributed by atoms with Gasteiger partial charge in [-0.15, -0.1) is 0 Å². The molecule has 10 heteroatoms. The monoisotopic (exact) mass is 620 g/mol. The van der Waals surface area contributed by atoms with E-state index < -0.39 is 12.1 Å². The fourth-order valence-corrected chi connectivity index (χ4v) is 5.50. The number of carbonyl (C=O) groups excluding carboxylic acids is 1. The molecule has 0 bridgehead atoms. The predicted molar refractivity (Wildman–Crippen MR) is 173 cm³/mol. The van der Waals surface area contributed by atoms with Crippen molar-refractivity contribution in [3.05, 3.63) is 106 Å². The van der Waals surface area contributed by atoms with E-state index in [9.17, 15) is 9.59 Å². The maximum atomic E-state index is 11.8. The number of hydrogen-bond acceptors (Lipinski definition) is 7. The first-order valence-electron chi connectivity index (χ1n) is 14.9. The van der Waals surface area contributed by atoms with Crippen molar-refractivity contribution >= 4 is 29.7 Å². The minimum atomic E-state index is -1.14. The molecule has 3 N–H and O–H groups in total. The molecule has 0 unspecified atom stereocenters. The molecule has 1 fully saturated rings. The molecule has 1 heterocycles. The molecule has 3 aromatic carbocycles. The topological polar surface area (TPSA) is 109 Å². The number of methoxy groups -OCH3 is 1. The summed E-state index contributed by atoms with van der Waals surface area (Å²) in [7, 11) is 1.34. The molecule has 0 radical (unpaired) electrons. The van der Waals surface area contributed by atoms with E-state index in [1.165, 1.54) is 24.3 Å². The number of carboxylic acid groups (broad SMARTS) is 1. The van der Waals surface area contributed by atoms with Crippen LogP contribution in [0.4, 0.5) is 4.79 Å². The Hall–Kier alpha value is -3.89. The molecule has 1 amide bonds. The summed E-state index contributed by atoms with van der Waals surface area (Å²) in [6.45, 7) is 5.28. The number of unbranched alkanes of at least 4 members (excludes halogenated alkanes) is 1. The third-order valence-electron chi connectivity index (χ3n) is 7.77. The molecule has 0 aromatic heterocycles. The number of carbonyl (C=O) groups is 2. The first-order chi connectivity index (χ1) is 21.3. The predicted octanol–water partition coefficient (Wildman–Crippen LogP) is 5.49. The van der Waals surface area contributed by atoms with Crippen LogP contribution in [-0.4, -0.2) is 85.0 Å². The SMILES string of the molecule is COC(=O)C=Cc1cc(CCCCN(N)C(=O)O)ccc1OCCN1CCN([C@H](c2ccccc2)c2ccc(Cl)cc2)CC1. The molecule has 9 nitrogen and oxygen atoms in total. The van der Waals surface area contributed by atoms with Gasteiger partial charge in [0, 0.05) is 55.9 Å². The fraction of sp³-hybridized carbons (Fsp3) is 0.353.